The first-order chi connectivity index (χ1) is 16.0. The number of phenolic OH excluding ortho intramolecular Hbond substituents is 1. The Morgan fingerprint density at radius 3 is 2.59 bits per heavy atom. The molecular formula is C29H38O5. The first-order valence-electron chi connectivity index (χ1n) is 11.7. The number of carbonyl (C=O) groups is 2. The maximum Gasteiger partial charge on any atom is 0.310 e. The Morgan fingerprint density at radius 1 is 1.26 bits per heavy atom. The number of carbonyl (C=O) groups excluding carboxylic acids is 2. The van der Waals surface area contributed by atoms with Crippen LogP contribution in [0.15, 0.2) is 65.8 Å². The van der Waals surface area contributed by atoms with Crippen LogP contribution in [0.25, 0.3) is 0 Å². The molecule has 1 aromatic carbocycles. The third-order valence-electron chi connectivity index (χ3n) is 6.20. The molecule has 0 aliphatic heterocycles. The second kappa shape index (κ2) is 11.9. The molecule has 0 saturated heterocycles. The number of benzene rings is 1. The van der Waals surface area contributed by atoms with E-state index in [9.17, 15) is 14.7 Å². The minimum absolute atomic E-state index is 0.00631. The van der Waals surface area contributed by atoms with E-state index in [4.69, 9.17) is 9.47 Å². The van der Waals surface area contributed by atoms with Gasteiger partial charge in [-0.25, -0.2) is 0 Å². The molecule has 184 valence electrons. The maximum absolute atomic E-state index is 12.5. The number of hydrogen-bond acceptors (Lipinski definition) is 5. The zero-order valence-electron chi connectivity index (χ0n) is 21.3. The Hall–Kier alpha value is -3.08. The normalized spacial score (nSPS) is 19.8. The number of ether oxygens (including phenoxy) is 2. The number of methoxy groups -OCH3 is 1. The van der Waals surface area contributed by atoms with Gasteiger partial charge in [0.2, 0.25) is 0 Å². The Kier molecular flexibility index (Phi) is 9.48. The predicted octanol–water partition coefficient (Wildman–Crippen LogP) is 6.28. The van der Waals surface area contributed by atoms with Gasteiger partial charge in [-0.3, -0.25) is 9.59 Å². The van der Waals surface area contributed by atoms with Crippen LogP contribution in [0.1, 0.15) is 59.4 Å². The van der Waals surface area contributed by atoms with Gasteiger partial charge in [-0.05, 0) is 89.6 Å². The molecule has 34 heavy (non-hydrogen) atoms. The minimum atomic E-state index is -0.664. The van der Waals surface area contributed by atoms with Crippen LogP contribution in [-0.4, -0.2) is 29.6 Å². The molecule has 1 aliphatic carbocycles. The fourth-order valence-electron chi connectivity index (χ4n) is 4.25. The van der Waals surface area contributed by atoms with Gasteiger partial charge in [-0.15, -0.1) is 0 Å². The van der Waals surface area contributed by atoms with E-state index in [0.29, 0.717) is 17.7 Å². The third kappa shape index (κ3) is 7.47. The van der Waals surface area contributed by atoms with E-state index in [1.54, 1.807) is 12.1 Å². The second-order valence-corrected chi connectivity index (χ2v) is 9.60. The van der Waals surface area contributed by atoms with Crippen LogP contribution in [0.5, 0.6) is 11.5 Å². The SMILES string of the molecule is C=C[C@@](C)(CCC=C(C)C[C@@H]1C=C(C)C(=O)[C@H]1C=C(C)C)Oc1ccc(O)cc1CC(=O)OC. The Labute approximate surface area is 203 Å². The summed E-state index contributed by atoms with van der Waals surface area (Å²) < 4.78 is 11.0. The summed E-state index contributed by atoms with van der Waals surface area (Å²) in [6, 6.07) is 4.71. The summed E-state index contributed by atoms with van der Waals surface area (Å²) in [5.41, 5.74) is 3.14. The van der Waals surface area contributed by atoms with E-state index in [1.165, 1.54) is 24.8 Å². The van der Waals surface area contributed by atoms with Crippen LogP contribution in [0, 0.1) is 11.8 Å². The number of esters is 1. The smallest absolute Gasteiger partial charge is 0.310 e. The van der Waals surface area contributed by atoms with Crippen LogP contribution in [0.2, 0.25) is 0 Å². The van der Waals surface area contributed by atoms with Crippen molar-refractivity contribution in [1.82, 2.24) is 0 Å². The summed E-state index contributed by atoms with van der Waals surface area (Å²) in [6.07, 6.45) is 10.4. The fraction of sp³-hybridized carbons (Fsp3) is 0.448. The van der Waals surface area contributed by atoms with Gasteiger partial charge in [0.25, 0.3) is 0 Å². The van der Waals surface area contributed by atoms with Crippen LogP contribution in [0.3, 0.4) is 0 Å². The van der Waals surface area contributed by atoms with E-state index in [-0.39, 0.29) is 29.8 Å². The average Bonchev–Trinajstić information content (AvgIpc) is 3.02. The molecule has 0 saturated carbocycles. The van der Waals surface area contributed by atoms with E-state index in [1.807, 2.05) is 27.7 Å². The molecule has 1 aliphatic rings. The largest absolute Gasteiger partial charge is 0.508 e. The topological polar surface area (TPSA) is 72.8 Å². The number of allylic oxidation sites excluding steroid dienone is 6. The summed E-state index contributed by atoms with van der Waals surface area (Å²) >= 11 is 0. The van der Waals surface area contributed by atoms with Crippen molar-refractivity contribution in [3.63, 3.8) is 0 Å². The number of Topliss-reactive ketones (excluding diaryl/α,β-unsaturated/α-hetero) is 1. The molecular weight excluding hydrogens is 428 g/mol. The Morgan fingerprint density at radius 2 is 1.97 bits per heavy atom. The van der Waals surface area contributed by atoms with Gasteiger partial charge in [0.15, 0.2) is 5.78 Å². The van der Waals surface area contributed by atoms with E-state index >= 15 is 0 Å². The highest BCUT2D eigenvalue weighted by Gasteiger charge is 2.32. The Bertz CT molecular complexity index is 1010. The molecule has 0 bridgehead atoms. The molecule has 1 N–H and O–H groups in total. The van der Waals surface area contributed by atoms with Crippen LogP contribution in [-0.2, 0) is 20.7 Å². The first-order valence-corrected chi connectivity index (χ1v) is 11.7. The quantitative estimate of drug-likeness (QED) is 0.307. The standard InChI is InChI=1S/C29H38O5/c1-8-29(6,34-26-12-11-24(30)17-23(26)18-27(31)33-7)13-9-10-20(4)15-22-16-21(5)28(32)25(22)14-19(2)3/h8,10-12,14,16-17,22,25,30H,1,9,13,15,18H2,2-7H3/t22-,25+,29+/m1/s1. The van der Waals surface area contributed by atoms with Gasteiger partial charge < -0.3 is 14.6 Å². The highest BCUT2D eigenvalue weighted by atomic mass is 16.5. The predicted molar refractivity (Wildman–Crippen MR) is 136 cm³/mol. The van der Waals surface area contributed by atoms with Crippen molar-refractivity contribution >= 4 is 11.8 Å². The van der Waals surface area contributed by atoms with E-state index < -0.39 is 11.6 Å². The molecule has 0 unspecified atom stereocenters. The van der Waals surface area contributed by atoms with Gasteiger partial charge >= 0.3 is 5.97 Å². The molecule has 3 atom stereocenters. The van der Waals surface area contributed by atoms with Crippen molar-refractivity contribution < 1.29 is 24.2 Å². The van der Waals surface area contributed by atoms with Gasteiger partial charge in [0, 0.05) is 11.5 Å². The van der Waals surface area contributed by atoms with Crippen molar-refractivity contribution in [3.8, 4) is 11.5 Å². The molecule has 0 heterocycles. The maximum atomic E-state index is 12.5. The van der Waals surface area contributed by atoms with Gasteiger partial charge in [-0.2, -0.15) is 0 Å². The van der Waals surface area contributed by atoms with Crippen LogP contribution >= 0.6 is 0 Å². The number of ketones is 1. The van der Waals surface area contributed by atoms with Crippen molar-refractivity contribution in [2.45, 2.75) is 65.9 Å². The Balaban J connectivity index is 2.07. The van der Waals surface area contributed by atoms with Crippen molar-refractivity contribution in [2.75, 3.05) is 7.11 Å². The lowest BCUT2D eigenvalue weighted by atomic mass is 9.87. The van der Waals surface area contributed by atoms with Gasteiger partial charge in [0.1, 0.15) is 17.1 Å². The van der Waals surface area contributed by atoms with E-state index in [2.05, 4.69) is 31.7 Å². The fourth-order valence-corrected chi connectivity index (χ4v) is 4.25. The third-order valence-corrected chi connectivity index (χ3v) is 6.20. The summed E-state index contributed by atoms with van der Waals surface area (Å²) in [6.45, 7) is 14.0. The average molecular weight is 467 g/mol. The number of rotatable bonds is 11. The molecule has 0 aromatic heterocycles. The molecule has 0 spiro atoms. The van der Waals surface area contributed by atoms with Crippen LogP contribution < -0.4 is 4.74 Å². The molecule has 0 amide bonds. The number of aromatic hydroxyl groups is 1. The monoisotopic (exact) mass is 466 g/mol. The minimum Gasteiger partial charge on any atom is -0.508 e. The van der Waals surface area contributed by atoms with Crippen LogP contribution in [0.4, 0.5) is 0 Å². The lowest BCUT2D eigenvalue weighted by Crippen LogP contribution is -2.30. The first kappa shape index (κ1) is 27.2. The summed E-state index contributed by atoms with van der Waals surface area (Å²) in [5, 5.41) is 9.83. The zero-order valence-corrected chi connectivity index (χ0v) is 21.3. The van der Waals surface area contributed by atoms with Crippen molar-refractivity contribution in [2.24, 2.45) is 11.8 Å². The number of hydrogen-bond donors (Lipinski definition) is 1. The zero-order chi connectivity index (χ0) is 25.5. The number of phenols is 1. The highest BCUT2D eigenvalue weighted by Crippen LogP contribution is 2.34. The van der Waals surface area contributed by atoms with Gasteiger partial charge in [0.05, 0.1) is 13.5 Å². The van der Waals surface area contributed by atoms with Crippen molar-refractivity contribution in [3.05, 3.63) is 71.4 Å². The van der Waals surface area contributed by atoms with Crippen molar-refractivity contribution in [1.29, 1.82) is 0 Å². The van der Waals surface area contributed by atoms with Gasteiger partial charge in [-0.1, -0.05) is 36.0 Å². The summed E-state index contributed by atoms with van der Waals surface area (Å²) in [7, 11) is 1.33. The second-order valence-electron chi connectivity index (χ2n) is 9.60. The molecule has 2 rings (SSSR count). The molecule has 0 radical (unpaired) electrons. The lowest BCUT2D eigenvalue weighted by molar-refractivity contribution is -0.139. The summed E-state index contributed by atoms with van der Waals surface area (Å²) in [5.74, 6) is 0.516. The highest BCUT2D eigenvalue weighted by molar-refractivity contribution is 6.00. The molecule has 5 nitrogen and oxygen atoms in total. The molecule has 1 aromatic rings. The molecule has 5 heteroatoms. The lowest BCUT2D eigenvalue weighted by Gasteiger charge is -2.28. The summed E-state index contributed by atoms with van der Waals surface area (Å²) in [4.78, 5) is 24.3. The van der Waals surface area contributed by atoms with E-state index in [0.717, 1.165) is 24.0 Å². The molecule has 0 fully saturated rings.